The van der Waals surface area contributed by atoms with Gasteiger partial charge in [0.15, 0.2) is 0 Å². The van der Waals surface area contributed by atoms with E-state index in [2.05, 4.69) is 15.3 Å². The zero-order chi connectivity index (χ0) is 20.8. The Bertz CT molecular complexity index is 1420. The first-order valence-corrected chi connectivity index (χ1v) is 9.00. The summed E-state index contributed by atoms with van der Waals surface area (Å²) in [5.74, 6) is 0. The quantitative estimate of drug-likeness (QED) is 0.236. The van der Waals surface area contributed by atoms with Crippen LogP contribution in [-0.4, -0.2) is 19.8 Å². The highest BCUT2D eigenvalue weighted by Gasteiger charge is 2.16. The molecule has 0 saturated heterocycles. The number of benzene rings is 3. The average Bonchev–Trinajstić information content (AvgIpc) is 3.20. The molecule has 0 fully saturated rings. The lowest BCUT2D eigenvalue weighted by atomic mass is 10.1. The minimum atomic E-state index is -0.494. The fourth-order valence-electron chi connectivity index (χ4n) is 3.56. The van der Waals surface area contributed by atoms with Crippen molar-refractivity contribution in [2.24, 2.45) is 0 Å². The predicted octanol–water partition coefficient (Wildman–Crippen LogP) is 5.43. The summed E-state index contributed by atoms with van der Waals surface area (Å²) in [5.41, 5.74) is 3.04. The molecule has 5 rings (SSSR count). The molecule has 2 N–H and O–H groups in total. The van der Waals surface area contributed by atoms with Crippen molar-refractivity contribution in [1.82, 2.24) is 9.97 Å². The van der Waals surface area contributed by atoms with Crippen LogP contribution in [0.15, 0.2) is 66.9 Å². The van der Waals surface area contributed by atoms with Crippen LogP contribution in [0.3, 0.4) is 0 Å². The van der Waals surface area contributed by atoms with Crippen molar-refractivity contribution in [2.45, 2.75) is 0 Å². The van der Waals surface area contributed by atoms with E-state index < -0.39 is 9.85 Å². The molecule has 0 bridgehead atoms. The van der Waals surface area contributed by atoms with Crippen LogP contribution in [0.4, 0.5) is 22.7 Å². The number of nitro groups is 2. The number of aromatic nitrogens is 2. The van der Waals surface area contributed by atoms with E-state index in [1.54, 1.807) is 12.1 Å². The molecule has 0 amide bonds. The lowest BCUT2D eigenvalue weighted by Crippen LogP contribution is -1.97. The van der Waals surface area contributed by atoms with Gasteiger partial charge in [0.05, 0.1) is 26.6 Å². The Labute approximate surface area is 168 Å². The molecule has 0 aliphatic rings. The maximum atomic E-state index is 11.2. The Morgan fingerprint density at radius 1 is 0.800 bits per heavy atom. The molecule has 3 aromatic carbocycles. The van der Waals surface area contributed by atoms with Gasteiger partial charge in [-0.3, -0.25) is 20.2 Å². The molecule has 9 heteroatoms. The van der Waals surface area contributed by atoms with Crippen LogP contribution in [-0.2, 0) is 0 Å². The highest BCUT2D eigenvalue weighted by molar-refractivity contribution is 6.09. The van der Waals surface area contributed by atoms with E-state index in [0.29, 0.717) is 27.5 Å². The Morgan fingerprint density at radius 2 is 1.43 bits per heavy atom. The van der Waals surface area contributed by atoms with Crippen LogP contribution in [0, 0.1) is 20.2 Å². The lowest BCUT2D eigenvalue weighted by molar-refractivity contribution is -0.384. The van der Waals surface area contributed by atoms with E-state index in [1.165, 1.54) is 24.3 Å². The number of nitrogens with one attached hydrogen (secondary N) is 2. The number of nitro benzene ring substituents is 2. The molecule has 146 valence electrons. The van der Waals surface area contributed by atoms with Gasteiger partial charge in [-0.25, -0.2) is 4.98 Å². The van der Waals surface area contributed by atoms with Gasteiger partial charge in [-0.1, -0.05) is 0 Å². The Kier molecular flexibility index (Phi) is 3.82. The predicted molar refractivity (Wildman–Crippen MR) is 114 cm³/mol. The molecule has 0 unspecified atom stereocenters. The number of nitrogens with zero attached hydrogens (tertiary/aromatic N) is 3. The Hall–Kier alpha value is -4.53. The van der Waals surface area contributed by atoms with Gasteiger partial charge in [0.2, 0.25) is 0 Å². The molecular weight excluding hydrogens is 386 g/mol. The van der Waals surface area contributed by atoms with Gasteiger partial charge in [-0.2, -0.15) is 0 Å². The maximum absolute atomic E-state index is 11.2. The summed E-state index contributed by atoms with van der Waals surface area (Å²) >= 11 is 0. The zero-order valence-corrected chi connectivity index (χ0v) is 15.3. The number of rotatable bonds is 4. The maximum Gasteiger partial charge on any atom is 0.271 e. The average molecular weight is 399 g/mol. The Morgan fingerprint density at radius 3 is 2.03 bits per heavy atom. The topological polar surface area (TPSA) is 127 Å². The van der Waals surface area contributed by atoms with Crippen LogP contribution in [0.1, 0.15) is 0 Å². The second-order valence-corrected chi connectivity index (χ2v) is 6.81. The van der Waals surface area contributed by atoms with E-state index in [4.69, 9.17) is 0 Å². The van der Waals surface area contributed by atoms with Gasteiger partial charge in [-0.05, 0) is 36.4 Å². The third-order valence-electron chi connectivity index (χ3n) is 4.99. The molecule has 0 saturated carbocycles. The van der Waals surface area contributed by atoms with E-state index >= 15 is 0 Å². The number of pyridine rings is 1. The fraction of sp³-hybridized carbons (Fsp3) is 0. The molecule has 0 radical (unpaired) electrons. The van der Waals surface area contributed by atoms with Crippen LogP contribution in [0.2, 0.25) is 0 Å². The summed E-state index contributed by atoms with van der Waals surface area (Å²) in [6.45, 7) is 0. The van der Waals surface area contributed by atoms with E-state index in [1.807, 2.05) is 30.5 Å². The van der Waals surface area contributed by atoms with Gasteiger partial charge in [0.25, 0.3) is 11.4 Å². The van der Waals surface area contributed by atoms with Crippen LogP contribution in [0.25, 0.3) is 32.7 Å². The smallest absolute Gasteiger partial charge is 0.271 e. The SMILES string of the molecule is O=[N+]([O-])c1ccc2c(Nc3ccc4[nH]ccc4c3)c3ccc([N+](=O)[O-])cc3nc2c1. The van der Waals surface area contributed by atoms with Crippen molar-refractivity contribution in [2.75, 3.05) is 5.32 Å². The number of aromatic amines is 1. The molecule has 30 heavy (non-hydrogen) atoms. The summed E-state index contributed by atoms with van der Waals surface area (Å²) in [5, 5.41) is 28.1. The van der Waals surface area contributed by atoms with Gasteiger partial charge in [-0.15, -0.1) is 0 Å². The molecule has 0 aliphatic heterocycles. The summed E-state index contributed by atoms with van der Waals surface area (Å²) in [6.07, 6.45) is 1.85. The minimum Gasteiger partial charge on any atom is -0.361 e. The van der Waals surface area contributed by atoms with Crippen LogP contribution < -0.4 is 5.32 Å². The molecule has 2 aromatic heterocycles. The monoisotopic (exact) mass is 399 g/mol. The van der Waals surface area contributed by atoms with Gasteiger partial charge < -0.3 is 10.3 Å². The summed E-state index contributed by atoms with van der Waals surface area (Å²) in [7, 11) is 0. The number of non-ortho nitro benzene ring substituents is 2. The van der Waals surface area contributed by atoms with E-state index in [0.717, 1.165) is 16.6 Å². The molecule has 0 atom stereocenters. The second kappa shape index (κ2) is 6.52. The van der Waals surface area contributed by atoms with Crippen molar-refractivity contribution in [3.63, 3.8) is 0 Å². The van der Waals surface area contributed by atoms with Gasteiger partial charge in [0.1, 0.15) is 0 Å². The molecule has 9 nitrogen and oxygen atoms in total. The van der Waals surface area contributed by atoms with Crippen molar-refractivity contribution >= 4 is 55.5 Å². The number of hydrogen-bond donors (Lipinski definition) is 2. The standard InChI is InChI=1S/C21H13N5O4/c27-25(28)14-2-4-16-19(10-14)24-20-11-15(26(29)30)3-5-17(20)21(16)23-13-1-6-18-12(9-13)7-8-22-18/h1-11,22H,(H,23,24). The first-order chi connectivity index (χ1) is 14.5. The molecule has 0 spiro atoms. The van der Waals surface area contributed by atoms with E-state index in [9.17, 15) is 20.2 Å². The van der Waals surface area contributed by atoms with Crippen molar-refractivity contribution < 1.29 is 9.85 Å². The summed E-state index contributed by atoms with van der Waals surface area (Å²) in [6, 6.07) is 16.6. The summed E-state index contributed by atoms with van der Waals surface area (Å²) < 4.78 is 0. The number of hydrogen-bond acceptors (Lipinski definition) is 6. The normalized spacial score (nSPS) is 11.2. The van der Waals surface area contributed by atoms with Crippen LogP contribution in [0.5, 0.6) is 0 Å². The highest BCUT2D eigenvalue weighted by atomic mass is 16.6. The van der Waals surface area contributed by atoms with Gasteiger partial charge >= 0.3 is 0 Å². The van der Waals surface area contributed by atoms with Crippen LogP contribution >= 0.6 is 0 Å². The first kappa shape index (κ1) is 17.6. The van der Waals surface area contributed by atoms with Gasteiger partial charge in [0, 0.05) is 57.8 Å². The third-order valence-corrected chi connectivity index (χ3v) is 4.99. The second-order valence-electron chi connectivity index (χ2n) is 6.81. The van der Waals surface area contributed by atoms with Crippen molar-refractivity contribution in [3.05, 3.63) is 87.1 Å². The minimum absolute atomic E-state index is 0.0977. The van der Waals surface area contributed by atoms with E-state index in [-0.39, 0.29) is 11.4 Å². The largest absolute Gasteiger partial charge is 0.361 e. The molecule has 5 aromatic rings. The van der Waals surface area contributed by atoms with Crippen molar-refractivity contribution in [1.29, 1.82) is 0 Å². The molecule has 0 aliphatic carbocycles. The lowest BCUT2D eigenvalue weighted by Gasteiger charge is -2.13. The molecule has 2 heterocycles. The number of H-pyrrole nitrogens is 1. The molecular formula is C21H13N5O4. The summed E-state index contributed by atoms with van der Waals surface area (Å²) in [4.78, 5) is 29.0. The zero-order valence-electron chi connectivity index (χ0n) is 15.3. The third kappa shape index (κ3) is 2.85. The number of fused-ring (bicyclic) bond motifs is 3. The number of anilines is 2. The first-order valence-electron chi connectivity index (χ1n) is 9.00. The highest BCUT2D eigenvalue weighted by Crippen LogP contribution is 2.36. The fourth-order valence-corrected chi connectivity index (χ4v) is 3.56. The Balaban J connectivity index is 1.76. The van der Waals surface area contributed by atoms with Crippen molar-refractivity contribution in [3.8, 4) is 0 Å².